The summed E-state index contributed by atoms with van der Waals surface area (Å²) in [5.74, 6) is -2.28. The van der Waals surface area contributed by atoms with Crippen molar-refractivity contribution >= 4 is 5.97 Å². The molecule has 1 aromatic carbocycles. The van der Waals surface area contributed by atoms with Gasteiger partial charge >= 0.3 is 5.97 Å². The Hall–Kier alpha value is -1.49. The second-order valence-corrected chi connectivity index (χ2v) is 6.71. The van der Waals surface area contributed by atoms with E-state index < -0.39 is 17.6 Å². The van der Waals surface area contributed by atoms with E-state index >= 15 is 0 Å². The van der Waals surface area contributed by atoms with Gasteiger partial charge in [-0.15, -0.1) is 0 Å². The zero-order valence-electron chi connectivity index (χ0n) is 13.5. The highest BCUT2D eigenvalue weighted by atomic mass is 19.1. The number of halogens is 2. The summed E-state index contributed by atoms with van der Waals surface area (Å²) in [6.45, 7) is 9.28. The maximum absolute atomic E-state index is 14.1. The molecule has 0 unspecified atom stereocenters. The third kappa shape index (κ3) is 3.46. The van der Waals surface area contributed by atoms with Gasteiger partial charge in [-0.25, -0.2) is 8.78 Å². The van der Waals surface area contributed by atoms with Crippen molar-refractivity contribution in [3.05, 3.63) is 35.4 Å². The van der Waals surface area contributed by atoms with Crippen molar-refractivity contribution in [2.24, 2.45) is 5.92 Å². The average Bonchev–Trinajstić information content (AvgIpc) is 2.83. The molecule has 5 heteroatoms. The average molecular weight is 311 g/mol. The van der Waals surface area contributed by atoms with E-state index in [1.807, 2.05) is 0 Å². The predicted octanol–water partition coefficient (Wildman–Crippen LogP) is 3.34. The summed E-state index contributed by atoms with van der Waals surface area (Å²) in [7, 11) is 0. The van der Waals surface area contributed by atoms with Crippen LogP contribution in [0.25, 0.3) is 0 Å². The minimum absolute atomic E-state index is 0.129. The van der Waals surface area contributed by atoms with Crippen molar-refractivity contribution in [3.63, 3.8) is 0 Å². The summed E-state index contributed by atoms with van der Waals surface area (Å²) in [4.78, 5) is 14.4. The second-order valence-electron chi connectivity index (χ2n) is 6.71. The van der Waals surface area contributed by atoms with Crippen LogP contribution in [-0.4, -0.2) is 36.1 Å². The Kier molecular flexibility index (Phi) is 4.85. The predicted molar refractivity (Wildman–Crippen MR) is 80.5 cm³/mol. The Morgan fingerprint density at radius 3 is 2.55 bits per heavy atom. The molecule has 1 aliphatic heterocycles. The number of nitrogens with zero attached hydrogens (tertiary/aromatic N) is 1. The normalized spacial score (nSPS) is 22.8. The first-order valence-electron chi connectivity index (χ1n) is 7.60. The zero-order valence-corrected chi connectivity index (χ0v) is 13.5. The quantitative estimate of drug-likeness (QED) is 0.802. The summed E-state index contributed by atoms with van der Waals surface area (Å²) < 4.78 is 32.4. The summed E-state index contributed by atoms with van der Waals surface area (Å²) in [6.07, 6.45) is 0. The van der Waals surface area contributed by atoms with Crippen molar-refractivity contribution < 1.29 is 18.3 Å². The Morgan fingerprint density at radius 2 is 2.00 bits per heavy atom. The highest BCUT2D eigenvalue weighted by Gasteiger charge is 2.43. The molecule has 1 heterocycles. The SMILES string of the molecule is CCOC(=O)[C@H]1CN(C(C)(C)C)C[C@H]1c1ccc(F)cc1F. The molecule has 1 fully saturated rings. The van der Waals surface area contributed by atoms with Gasteiger partial charge in [0.1, 0.15) is 11.6 Å². The molecule has 0 saturated carbocycles. The number of benzene rings is 1. The minimum atomic E-state index is -0.611. The number of carbonyl (C=O) groups excluding carboxylic acids is 1. The molecule has 22 heavy (non-hydrogen) atoms. The minimum Gasteiger partial charge on any atom is -0.466 e. The molecule has 0 aromatic heterocycles. The molecule has 0 aliphatic carbocycles. The smallest absolute Gasteiger partial charge is 0.310 e. The molecule has 0 N–H and O–H groups in total. The lowest BCUT2D eigenvalue weighted by Crippen LogP contribution is -2.40. The lowest BCUT2D eigenvalue weighted by Gasteiger charge is -2.31. The maximum atomic E-state index is 14.1. The number of likely N-dealkylation sites (tertiary alicyclic amines) is 1. The van der Waals surface area contributed by atoms with Gasteiger partial charge in [0.25, 0.3) is 0 Å². The van der Waals surface area contributed by atoms with Gasteiger partial charge in [0.2, 0.25) is 0 Å². The fourth-order valence-corrected chi connectivity index (χ4v) is 2.96. The van der Waals surface area contributed by atoms with E-state index in [9.17, 15) is 13.6 Å². The highest BCUT2D eigenvalue weighted by Crippen LogP contribution is 2.38. The molecule has 1 aromatic rings. The molecule has 0 bridgehead atoms. The fourth-order valence-electron chi connectivity index (χ4n) is 2.96. The van der Waals surface area contributed by atoms with E-state index in [1.54, 1.807) is 6.92 Å². The molecule has 3 nitrogen and oxygen atoms in total. The molecule has 0 amide bonds. The number of hydrogen-bond donors (Lipinski definition) is 0. The lowest BCUT2D eigenvalue weighted by molar-refractivity contribution is -0.148. The van der Waals surface area contributed by atoms with Gasteiger partial charge in [-0.1, -0.05) is 6.07 Å². The maximum Gasteiger partial charge on any atom is 0.310 e. The van der Waals surface area contributed by atoms with E-state index in [1.165, 1.54) is 12.1 Å². The second kappa shape index (κ2) is 6.32. The van der Waals surface area contributed by atoms with Crippen LogP contribution in [0.3, 0.4) is 0 Å². The number of carbonyl (C=O) groups is 1. The molecular weight excluding hydrogens is 288 g/mol. The van der Waals surface area contributed by atoms with Crippen LogP contribution in [0.4, 0.5) is 8.78 Å². The molecular formula is C17H23F2NO2. The monoisotopic (exact) mass is 311 g/mol. The van der Waals surface area contributed by atoms with Crippen LogP contribution in [0.2, 0.25) is 0 Å². The van der Waals surface area contributed by atoms with Gasteiger partial charge in [0.05, 0.1) is 12.5 Å². The van der Waals surface area contributed by atoms with Crippen LogP contribution in [0.1, 0.15) is 39.2 Å². The zero-order chi connectivity index (χ0) is 16.5. The summed E-state index contributed by atoms with van der Waals surface area (Å²) in [6, 6.07) is 3.55. The van der Waals surface area contributed by atoms with Crippen molar-refractivity contribution in [2.45, 2.75) is 39.2 Å². The molecule has 0 radical (unpaired) electrons. The standard InChI is InChI=1S/C17H23F2NO2/c1-5-22-16(21)14-10-20(17(2,3)4)9-13(14)12-7-6-11(18)8-15(12)19/h6-8,13-14H,5,9-10H2,1-4H3/t13-,14-/m0/s1. The van der Waals surface area contributed by atoms with E-state index in [4.69, 9.17) is 4.74 Å². The third-order valence-corrected chi connectivity index (χ3v) is 4.22. The van der Waals surface area contributed by atoms with Crippen molar-refractivity contribution in [3.8, 4) is 0 Å². The van der Waals surface area contributed by atoms with Crippen LogP contribution in [0.5, 0.6) is 0 Å². The number of rotatable bonds is 3. The molecule has 2 rings (SSSR count). The largest absolute Gasteiger partial charge is 0.466 e. The number of esters is 1. The Labute approximate surface area is 130 Å². The summed E-state index contributed by atoms with van der Waals surface area (Å²) in [5.41, 5.74) is 0.252. The lowest BCUT2D eigenvalue weighted by atomic mass is 9.88. The topological polar surface area (TPSA) is 29.5 Å². The van der Waals surface area contributed by atoms with E-state index in [0.29, 0.717) is 25.3 Å². The van der Waals surface area contributed by atoms with Crippen LogP contribution in [-0.2, 0) is 9.53 Å². The van der Waals surface area contributed by atoms with Crippen molar-refractivity contribution in [2.75, 3.05) is 19.7 Å². The van der Waals surface area contributed by atoms with Gasteiger partial charge in [0, 0.05) is 30.6 Å². The molecule has 1 saturated heterocycles. The highest BCUT2D eigenvalue weighted by molar-refractivity contribution is 5.74. The van der Waals surface area contributed by atoms with Crippen molar-refractivity contribution in [1.82, 2.24) is 4.90 Å². The number of hydrogen-bond acceptors (Lipinski definition) is 3. The Bertz CT molecular complexity index is 554. The fraction of sp³-hybridized carbons (Fsp3) is 0.588. The van der Waals surface area contributed by atoms with Gasteiger partial charge in [-0.2, -0.15) is 0 Å². The van der Waals surface area contributed by atoms with Crippen molar-refractivity contribution in [1.29, 1.82) is 0 Å². The van der Waals surface area contributed by atoms with Gasteiger partial charge in [-0.3, -0.25) is 9.69 Å². The third-order valence-electron chi connectivity index (χ3n) is 4.22. The van der Waals surface area contributed by atoms with E-state index in [2.05, 4.69) is 25.7 Å². The van der Waals surface area contributed by atoms with E-state index in [-0.39, 0.29) is 17.4 Å². The molecule has 2 atom stereocenters. The molecule has 0 spiro atoms. The van der Waals surface area contributed by atoms with Gasteiger partial charge < -0.3 is 4.74 Å². The van der Waals surface area contributed by atoms with Crippen LogP contribution >= 0.6 is 0 Å². The first-order valence-corrected chi connectivity index (χ1v) is 7.60. The van der Waals surface area contributed by atoms with Gasteiger partial charge in [0.15, 0.2) is 0 Å². The Balaban J connectivity index is 2.34. The Morgan fingerprint density at radius 1 is 1.32 bits per heavy atom. The van der Waals surface area contributed by atoms with Gasteiger partial charge in [-0.05, 0) is 39.3 Å². The first-order chi connectivity index (χ1) is 10.2. The molecule has 122 valence electrons. The first kappa shape index (κ1) is 16.9. The number of ether oxygens (including phenoxy) is 1. The molecule has 1 aliphatic rings. The summed E-state index contributed by atoms with van der Waals surface area (Å²) in [5, 5.41) is 0. The van der Waals surface area contributed by atoms with Crippen LogP contribution < -0.4 is 0 Å². The summed E-state index contributed by atoms with van der Waals surface area (Å²) >= 11 is 0. The van der Waals surface area contributed by atoms with Crippen LogP contribution in [0, 0.1) is 17.6 Å². The van der Waals surface area contributed by atoms with E-state index in [0.717, 1.165) is 6.07 Å². The van der Waals surface area contributed by atoms with Crippen LogP contribution in [0.15, 0.2) is 18.2 Å².